The highest BCUT2D eigenvalue weighted by molar-refractivity contribution is 5.79. The van der Waals surface area contributed by atoms with Crippen LogP contribution in [0.25, 0.3) is 0 Å². The van der Waals surface area contributed by atoms with Crippen molar-refractivity contribution < 1.29 is 14.3 Å². The maximum absolute atomic E-state index is 11.3. The molecule has 1 atom stereocenters. The van der Waals surface area contributed by atoms with Gasteiger partial charge in [0.25, 0.3) is 0 Å². The van der Waals surface area contributed by atoms with E-state index in [4.69, 9.17) is 10.5 Å². The molecule has 0 aromatic rings. The zero-order valence-corrected chi connectivity index (χ0v) is 10.8. The Morgan fingerprint density at radius 2 is 1.88 bits per heavy atom. The van der Waals surface area contributed by atoms with Gasteiger partial charge in [0.15, 0.2) is 0 Å². The summed E-state index contributed by atoms with van der Waals surface area (Å²) < 4.78 is 10.0. The number of nitrogens with two attached hydrogens (primary N) is 1. The molecule has 0 aromatic carbocycles. The third-order valence-corrected chi connectivity index (χ3v) is 2.53. The predicted octanol–water partition coefficient (Wildman–Crippen LogP) is 1.86. The lowest BCUT2D eigenvalue weighted by Crippen LogP contribution is -2.45. The van der Waals surface area contributed by atoms with E-state index in [9.17, 15) is 4.79 Å². The van der Waals surface area contributed by atoms with Gasteiger partial charge < -0.3 is 15.2 Å². The van der Waals surface area contributed by atoms with E-state index in [-0.39, 0.29) is 5.97 Å². The van der Waals surface area contributed by atoms with Crippen LogP contribution in [0.15, 0.2) is 0 Å². The Balaban J connectivity index is 3.47. The van der Waals surface area contributed by atoms with Gasteiger partial charge in [0.2, 0.25) is 0 Å². The fourth-order valence-electron chi connectivity index (χ4n) is 1.38. The fourth-order valence-corrected chi connectivity index (χ4v) is 1.38. The zero-order valence-electron chi connectivity index (χ0n) is 10.8. The fraction of sp³-hybridized carbons (Fsp3) is 0.917. The number of hydrogen-bond acceptors (Lipinski definition) is 4. The minimum absolute atomic E-state index is 0.348. The molecule has 0 aliphatic carbocycles. The SMILES string of the molecule is CCCCOCCCCC(C)(N)C(=O)OC. The van der Waals surface area contributed by atoms with Crippen molar-refractivity contribution in [3.63, 3.8) is 0 Å². The molecule has 0 fully saturated rings. The summed E-state index contributed by atoms with van der Waals surface area (Å²) in [5.41, 5.74) is 4.95. The molecule has 0 saturated heterocycles. The van der Waals surface area contributed by atoms with Crippen molar-refractivity contribution >= 4 is 5.97 Å². The van der Waals surface area contributed by atoms with Crippen molar-refractivity contribution in [3.8, 4) is 0 Å². The van der Waals surface area contributed by atoms with Crippen LogP contribution in [0.1, 0.15) is 46.0 Å². The first-order valence-corrected chi connectivity index (χ1v) is 5.99. The molecule has 0 amide bonds. The van der Waals surface area contributed by atoms with Crippen molar-refractivity contribution in [1.82, 2.24) is 0 Å². The summed E-state index contributed by atoms with van der Waals surface area (Å²) >= 11 is 0. The van der Waals surface area contributed by atoms with E-state index in [1.807, 2.05) is 0 Å². The Bertz CT molecular complexity index is 193. The summed E-state index contributed by atoms with van der Waals surface area (Å²) in [5, 5.41) is 0. The molecule has 0 spiro atoms. The number of methoxy groups -OCH3 is 1. The summed E-state index contributed by atoms with van der Waals surface area (Å²) in [6.07, 6.45) is 4.72. The van der Waals surface area contributed by atoms with E-state index in [0.29, 0.717) is 6.42 Å². The minimum Gasteiger partial charge on any atom is -0.468 e. The van der Waals surface area contributed by atoms with Crippen molar-refractivity contribution in [2.45, 2.75) is 51.5 Å². The second kappa shape index (κ2) is 8.53. The number of esters is 1. The quantitative estimate of drug-likeness (QED) is 0.486. The molecular formula is C12H25NO3. The van der Waals surface area contributed by atoms with Crippen LogP contribution in [-0.2, 0) is 14.3 Å². The predicted molar refractivity (Wildman–Crippen MR) is 64.2 cm³/mol. The Labute approximate surface area is 98.5 Å². The third kappa shape index (κ3) is 6.80. The van der Waals surface area contributed by atoms with Crippen LogP contribution in [0.5, 0.6) is 0 Å². The Kier molecular flexibility index (Phi) is 8.21. The second-order valence-corrected chi connectivity index (χ2v) is 4.33. The van der Waals surface area contributed by atoms with Gasteiger partial charge in [-0.15, -0.1) is 0 Å². The van der Waals surface area contributed by atoms with E-state index >= 15 is 0 Å². The molecule has 0 heterocycles. The largest absolute Gasteiger partial charge is 0.468 e. The average Bonchev–Trinajstić information content (AvgIpc) is 2.26. The first-order valence-electron chi connectivity index (χ1n) is 5.99. The standard InChI is InChI=1S/C12H25NO3/c1-4-5-9-16-10-7-6-8-12(2,13)11(14)15-3/h4-10,13H2,1-3H3. The van der Waals surface area contributed by atoms with Gasteiger partial charge in [-0.3, -0.25) is 4.79 Å². The van der Waals surface area contributed by atoms with Gasteiger partial charge in [0.05, 0.1) is 7.11 Å². The molecular weight excluding hydrogens is 206 g/mol. The molecule has 0 saturated carbocycles. The first kappa shape index (κ1) is 15.4. The zero-order chi connectivity index (χ0) is 12.4. The molecule has 2 N–H and O–H groups in total. The topological polar surface area (TPSA) is 61.5 Å². The normalized spacial score (nSPS) is 14.5. The lowest BCUT2D eigenvalue weighted by molar-refractivity contribution is -0.146. The second-order valence-electron chi connectivity index (χ2n) is 4.33. The maximum Gasteiger partial charge on any atom is 0.325 e. The van der Waals surface area contributed by atoms with Gasteiger partial charge >= 0.3 is 5.97 Å². The highest BCUT2D eigenvalue weighted by Crippen LogP contribution is 2.12. The lowest BCUT2D eigenvalue weighted by Gasteiger charge is -2.20. The van der Waals surface area contributed by atoms with Gasteiger partial charge in [0, 0.05) is 13.2 Å². The lowest BCUT2D eigenvalue weighted by atomic mass is 9.96. The molecule has 4 nitrogen and oxygen atoms in total. The van der Waals surface area contributed by atoms with Crippen LogP contribution in [0, 0.1) is 0 Å². The molecule has 0 aromatic heterocycles. The maximum atomic E-state index is 11.3. The highest BCUT2D eigenvalue weighted by atomic mass is 16.5. The molecule has 96 valence electrons. The first-order chi connectivity index (χ1) is 7.54. The van der Waals surface area contributed by atoms with E-state index < -0.39 is 5.54 Å². The van der Waals surface area contributed by atoms with Crippen LogP contribution < -0.4 is 5.73 Å². The monoisotopic (exact) mass is 231 g/mol. The summed E-state index contributed by atoms with van der Waals surface area (Å²) in [6, 6.07) is 0. The molecule has 0 bridgehead atoms. The number of carbonyl (C=O) groups excluding carboxylic acids is 1. The van der Waals surface area contributed by atoms with Crippen molar-refractivity contribution in [1.29, 1.82) is 0 Å². The van der Waals surface area contributed by atoms with Gasteiger partial charge in [-0.25, -0.2) is 0 Å². The Hall–Kier alpha value is -0.610. The van der Waals surface area contributed by atoms with E-state index in [1.165, 1.54) is 7.11 Å². The van der Waals surface area contributed by atoms with Crippen molar-refractivity contribution in [2.24, 2.45) is 5.73 Å². The molecule has 4 heteroatoms. The number of carbonyl (C=O) groups is 1. The van der Waals surface area contributed by atoms with Gasteiger partial charge in [-0.05, 0) is 32.6 Å². The number of ether oxygens (including phenoxy) is 2. The third-order valence-electron chi connectivity index (χ3n) is 2.53. The molecule has 0 rings (SSSR count). The smallest absolute Gasteiger partial charge is 0.325 e. The van der Waals surface area contributed by atoms with E-state index in [1.54, 1.807) is 6.92 Å². The molecule has 0 aliphatic rings. The van der Waals surface area contributed by atoms with Crippen molar-refractivity contribution in [2.75, 3.05) is 20.3 Å². The van der Waals surface area contributed by atoms with E-state index in [2.05, 4.69) is 11.7 Å². The number of hydrogen-bond donors (Lipinski definition) is 1. The van der Waals surface area contributed by atoms with Gasteiger partial charge in [-0.2, -0.15) is 0 Å². The Morgan fingerprint density at radius 1 is 1.25 bits per heavy atom. The van der Waals surface area contributed by atoms with Gasteiger partial charge in [0.1, 0.15) is 5.54 Å². The average molecular weight is 231 g/mol. The summed E-state index contributed by atoms with van der Waals surface area (Å²) in [4.78, 5) is 11.3. The summed E-state index contributed by atoms with van der Waals surface area (Å²) in [6.45, 7) is 5.42. The minimum atomic E-state index is -0.863. The van der Waals surface area contributed by atoms with Crippen LogP contribution in [0.2, 0.25) is 0 Å². The number of rotatable bonds is 9. The van der Waals surface area contributed by atoms with Crippen LogP contribution >= 0.6 is 0 Å². The summed E-state index contributed by atoms with van der Waals surface area (Å²) in [5.74, 6) is -0.348. The molecule has 16 heavy (non-hydrogen) atoms. The summed E-state index contributed by atoms with van der Waals surface area (Å²) in [7, 11) is 1.36. The molecule has 0 aliphatic heterocycles. The van der Waals surface area contributed by atoms with Crippen LogP contribution in [0.3, 0.4) is 0 Å². The van der Waals surface area contributed by atoms with E-state index in [0.717, 1.165) is 38.9 Å². The molecule has 0 radical (unpaired) electrons. The molecule has 1 unspecified atom stereocenters. The number of unbranched alkanes of at least 4 members (excludes halogenated alkanes) is 2. The van der Waals surface area contributed by atoms with Crippen LogP contribution in [0.4, 0.5) is 0 Å². The Morgan fingerprint density at radius 3 is 2.44 bits per heavy atom. The van der Waals surface area contributed by atoms with Gasteiger partial charge in [-0.1, -0.05) is 13.3 Å². The highest BCUT2D eigenvalue weighted by Gasteiger charge is 2.28. The van der Waals surface area contributed by atoms with Crippen LogP contribution in [-0.4, -0.2) is 31.8 Å². The van der Waals surface area contributed by atoms with Crippen molar-refractivity contribution in [3.05, 3.63) is 0 Å².